The smallest absolute Gasteiger partial charge is 0.148 e. The summed E-state index contributed by atoms with van der Waals surface area (Å²) in [4.78, 5) is 0. The molecule has 2 unspecified atom stereocenters. The second kappa shape index (κ2) is 4.95. The van der Waals surface area contributed by atoms with Crippen LogP contribution in [-0.4, -0.2) is 18.8 Å². The average Bonchev–Trinajstić information content (AvgIpc) is 2.31. The largest absolute Gasteiger partial charge is 0.378 e. The number of ether oxygens (including phenoxy) is 1. The van der Waals surface area contributed by atoms with Gasteiger partial charge in [0.05, 0.1) is 12.2 Å². The first-order valence-corrected chi connectivity index (χ1v) is 4.99. The highest BCUT2D eigenvalue weighted by Crippen LogP contribution is 2.20. The van der Waals surface area contributed by atoms with Crippen LogP contribution in [0.2, 0.25) is 0 Å². The summed E-state index contributed by atoms with van der Waals surface area (Å²) in [7, 11) is 1.55. The second-order valence-electron chi connectivity index (χ2n) is 3.82. The van der Waals surface area contributed by atoms with E-state index >= 15 is 0 Å². The predicted octanol–water partition coefficient (Wildman–Crippen LogP) is 2.55. The molecule has 1 aromatic rings. The van der Waals surface area contributed by atoms with Crippen LogP contribution in [0.25, 0.3) is 0 Å². The summed E-state index contributed by atoms with van der Waals surface area (Å²) in [6.07, 6.45) is -0.275. The van der Waals surface area contributed by atoms with Crippen molar-refractivity contribution in [3.05, 3.63) is 30.1 Å². The lowest BCUT2D eigenvalue weighted by molar-refractivity contribution is 0.0853. The van der Waals surface area contributed by atoms with Gasteiger partial charge in [0.1, 0.15) is 11.4 Å². The van der Waals surface area contributed by atoms with Crippen molar-refractivity contribution in [2.45, 2.75) is 25.5 Å². The van der Waals surface area contributed by atoms with E-state index in [-0.39, 0.29) is 11.9 Å². The van der Waals surface area contributed by atoms with Gasteiger partial charge >= 0.3 is 0 Å². The summed E-state index contributed by atoms with van der Waals surface area (Å²) in [6, 6.07) is 8.03. The molecule has 0 saturated heterocycles. The van der Waals surface area contributed by atoms with Gasteiger partial charge in [-0.05, 0) is 38.1 Å². The fourth-order valence-corrected chi connectivity index (χ4v) is 1.29. The lowest BCUT2D eigenvalue weighted by Gasteiger charge is -2.29. The third kappa shape index (κ3) is 2.71. The predicted molar refractivity (Wildman–Crippen MR) is 60.5 cm³/mol. The second-order valence-corrected chi connectivity index (χ2v) is 3.82. The molecule has 1 N–H and O–H groups in total. The monoisotopic (exact) mass is 222 g/mol. The van der Waals surface area contributed by atoms with Crippen LogP contribution in [0.3, 0.4) is 0 Å². The van der Waals surface area contributed by atoms with Crippen LogP contribution in [0.4, 0.5) is 10.1 Å². The maximum Gasteiger partial charge on any atom is 0.148 e. The Labute approximate surface area is 94.8 Å². The average molecular weight is 222 g/mol. The van der Waals surface area contributed by atoms with Gasteiger partial charge in [-0.3, -0.25) is 0 Å². The summed E-state index contributed by atoms with van der Waals surface area (Å²) >= 11 is 0. The Balaban J connectivity index is 2.86. The molecular weight excluding hydrogens is 207 g/mol. The maximum atomic E-state index is 12.7. The Bertz CT molecular complexity index is 385. The molecule has 0 fully saturated rings. The molecule has 0 radical (unpaired) electrons. The number of benzene rings is 1. The molecule has 16 heavy (non-hydrogen) atoms. The lowest BCUT2D eigenvalue weighted by Crippen LogP contribution is -2.44. The molecule has 0 aliphatic carbocycles. The molecule has 0 bridgehead atoms. The number of nitriles is 1. The summed E-state index contributed by atoms with van der Waals surface area (Å²) in [5, 5.41) is 12.2. The molecule has 86 valence electrons. The number of halogens is 1. The van der Waals surface area contributed by atoms with E-state index in [1.807, 2.05) is 0 Å². The van der Waals surface area contributed by atoms with Crippen LogP contribution in [-0.2, 0) is 4.74 Å². The van der Waals surface area contributed by atoms with Crippen LogP contribution >= 0.6 is 0 Å². The van der Waals surface area contributed by atoms with Gasteiger partial charge in [0, 0.05) is 12.8 Å². The van der Waals surface area contributed by atoms with E-state index in [0.29, 0.717) is 5.69 Å². The van der Waals surface area contributed by atoms with Crippen molar-refractivity contribution in [1.82, 2.24) is 0 Å². The third-order valence-corrected chi connectivity index (χ3v) is 2.65. The zero-order chi connectivity index (χ0) is 12.2. The fraction of sp³-hybridized carbons (Fsp3) is 0.417. The molecule has 0 aliphatic rings. The van der Waals surface area contributed by atoms with Gasteiger partial charge in [0.25, 0.3) is 0 Å². The van der Waals surface area contributed by atoms with Crippen molar-refractivity contribution in [2.24, 2.45) is 0 Å². The molecule has 4 heteroatoms. The van der Waals surface area contributed by atoms with E-state index in [2.05, 4.69) is 11.4 Å². The summed E-state index contributed by atoms with van der Waals surface area (Å²) in [5.41, 5.74) is -0.151. The third-order valence-electron chi connectivity index (χ3n) is 2.65. The van der Waals surface area contributed by atoms with Gasteiger partial charge in [-0.2, -0.15) is 5.26 Å². The van der Waals surface area contributed by atoms with Crippen molar-refractivity contribution in [3.8, 4) is 6.07 Å². The Morgan fingerprint density at radius 1 is 1.44 bits per heavy atom. The number of hydrogen-bond donors (Lipinski definition) is 1. The standard InChI is InChI=1S/C12H15FN2O/c1-9(16-3)12(2,8-14)15-11-6-4-10(13)5-7-11/h4-7,9,15H,1-3H3. The lowest BCUT2D eigenvalue weighted by atomic mass is 9.97. The van der Waals surface area contributed by atoms with Gasteiger partial charge in [-0.1, -0.05) is 0 Å². The topological polar surface area (TPSA) is 45.0 Å². The number of anilines is 1. The molecule has 0 amide bonds. The van der Waals surface area contributed by atoms with Gasteiger partial charge in [0.15, 0.2) is 0 Å². The van der Waals surface area contributed by atoms with Crippen LogP contribution < -0.4 is 5.32 Å². The Morgan fingerprint density at radius 2 is 2.00 bits per heavy atom. The highest BCUT2D eigenvalue weighted by molar-refractivity contribution is 5.47. The molecule has 3 nitrogen and oxygen atoms in total. The number of nitrogens with zero attached hydrogens (tertiary/aromatic N) is 1. The minimum atomic E-state index is -0.841. The highest BCUT2D eigenvalue weighted by Gasteiger charge is 2.31. The molecule has 1 aromatic carbocycles. The van der Waals surface area contributed by atoms with Crippen LogP contribution in [0.1, 0.15) is 13.8 Å². The number of nitrogens with one attached hydrogen (secondary N) is 1. The molecule has 1 rings (SSSR count). The van der Waals surface area contributed by atoms with E-state index in [4.69, 9.17) is 10.00 Å². The first-order valence-electron chi connectivity index (χ1n) is 4.99. The quantitative estimate of drug-likeness (QED) is 0.851. The van der Waals surface area contributed by atoms with Crippen molar-refractivity contribution >= 4 is 5.69 Å². The zero-order valence-electron chi connectivity index (χ0n) is 9.62. The van der Waals surface area contributed by atoms with Crippen molar-refractivity contribution in [3.63, 3.8) is 0 Å². The molecule has 2 atom stereocenters. The Kier molecular flexibility index (Phi) is 3.86. The van der Waals surface area contributed by atoms with Crippen molar-refractivity contribution in [2.75, 3.05) is 12.4 Å². The van der Waals surface area contributed by atoms with E-state index in [1.54, 1.807) is 33.1 Å². The van der Waals surface area contributed by atoms with E-state index in [1.165, 1.54) is 12.1 Å². The Hall–Kier alpha value is -1.60. The molecule has 0 heterocycles. The van der Waals surface area contributed by atoms with Gasteiger partial charge < -0.3 is 10.1 Å². The van der Waals surface area contributed by atoms with E-state index < -0.39 is 5.54 Å². The molecule has 0 aliphatic heterocycles. The van der Waals surface area contributed by atoms with Crippen LogP contribution in [0.15, 0.2) is 24.3 Å². The van der Waals surface area contributed by atoms with Crippen molar-refractivity contribution in [1.29, 1.82) is 5.26 Å². The number of methoxy groups -OCH3 is 1. The molecule has 0 saturated carbocycles. The van der Waals surface area contributed by atoms with Gasteiger partial charge in [-0.25, -0.2) is 4.39 Å². The minimum Gasteiger partial charge on any atom is -0.378 e. The highest BCUT2D eigenvalue weighted by atomic mass is 19.1. The van der Waals surface area contributed by atoms with Gasteiger partial charge in [-0.15, -0.1) is 0 Å². The maximum absolute atomic E-state index is 12.7. The molecule has 0 aromatic heterocycles. The zero-order valence-corrected chi connectivity index (χ0v) is 9.62. The van der Waals surface area contributed by atoms with Crippen LogP contribution in [0.5, 0.6) is 0 Å². The normalized spacial score (nSPS) is 15.9. The summed E-state index contributed by atoms with van der Waals surface area (Å²) in [6.45, 7) is 3.55. The molecule has 0 spiro atoms. The van der Waals surface area contributed by atoms with E-state index in [0.717, 1.165) is 0 Å². The SMILES string of the molecule is COC(C)C(C)(C#N)Nc1ccc(F)cc1. The summed E-state index contributed by atoms with van der Waals surface area (Å²) < 4.78 is 17.9. The Morgan fingerprint density at radius 3 is 2.44 bits per heavy atom. The van der Waals surface area contributed by atoms with Gasteiger partial charge in [0.2, 0.25) is 0 Å². The summed E-state index contributed by atoms with van der Waals surface area (Å²) in [5.74, 6) is -0.302. The first-order chi connectivity index (χ1) is 7.51. The molecular formula is C12H15FN2O. The fourth-order valence-electron chi connectivity index (χ4n) is 1.29. The first kappa shape index (κ1) is 12.5. The number of hydrogen-bond acceptors (Lipinski definition) is 3. The number of rotatable bonds is 4. The minimum absolute atomic E-state index is 0.275. The van der Waals surface area contributed by atoms with E-state index in [9.17, 15) is 4.39 Å². The van der Waals surface area contributed by atoms with Crippen molar-refractivity contribution < 1.29 is 9.13 Å². The van der Waals surface area contributed by atoms with Crippen LogP contribution in [0, 0.1) is 17.1 Å².